The average Bonchev–Trinajstić information content (AvgIpc) is 3.07. The summed E-state index contributed by atoms with van der Waals surface area (Å²) in [4.78, 5) is 12.9. The molecule has 0 aliphatic carbocycles. The highest BCUT2D eigenvalue weighted by molar-refractivity contribution is 8.01. The molecule has 1 aromatic carbocycles. The number of benzene rings is 1. The third-order valence-corrected chi connectivity index (χ3v) is 7.04. The van der Waals surface area contributed by atoms with Crippen molar-refractivity contribution in [2.45, 2.75) is 40.6 Å². The van der Waals surface area contributed by atoms with E-state index >= 15 is 0 Å². The van der Waals surface area contributed by atoms with Crippen LogP contribution in [0.5, 0.6) is 0 Å². The Labute approximate surface area is 160 Å². The first-order valence-corrected chi connectivity index (χ1v) is 10.3. The zero-order chi connectivity index (χ0) is 18.3. The number of pyridine rings is 1. The molecule has 4 rings (SSSR count). The van der Waals surface area contributed by atoms with Crippen LogP contribution in [0.25, 0.3) is 10.9 Å². The van der Waals surface area contributed by atoms with E-state index in [9.17, 15) is 9.90 Å². The smallest absolute Gasteiger partial charge is 0.250 e. The lowest BCUT2D eigenvalue weighted by atomic mass is 9.86. The van der Waals surface area contributed by atoms with Gasteiger partial charge in [-0.25, -0.2) is 0 Å². The van der Waals surface area contributed by atoms with Gasteiger partial charge >= 0.3 is 0 Å². The van der Waals surface area contributed by atoms with Crippen molar-refractivity contribution < 1.29 is 9.84 Å². The molecule has 6 heteroatoms. The van der Waals surface area contributed by atoms with Crippen LogP contribution in [0.1, 0.15) is 25.3 Å². The SMILES string of the molecule is C[C@H]1C[C@@](O)(c2csc(Sc3ccc4c(ccc(=O)n4C)c3)c2)CCO1. The van der Waals surface area contributed by atoms with Gasteiger partial charge in [0.2, 0.25) is 0 Å². The van der Waals surface area contributed by atoms with Crippen LogP contribution >= 0.6 is 23.1 Å². The highest BCUT2D eigenvalue weighted by Crippen LogP contribution is 2.41. The highest BCUT2D eigenvalue weighted by Gasteiger charge is 2.35. The Morgan fingerprint density at radius 2 is 2.15 bits per heavy atom. The van der Waals surface area contributed by atoms with Crippen LogP contribution in [0, 0.1) is 0 Å². The summed E-state index contributed by atoms with van der Waals surface area (Å²) < 4.78 is 8.38. The number of thiophene rings is 1. The molecule has 0 saturated carbocycles. The molecule has 1 aliphatic rings. The Morgan fingerprint density at radius 1 is 1.31 bits per heavy atom. The van der Waals surface area contributed by atoms with Crippen molar-refractivity contribution in [2.24, 2.45) is 7.05 Å². The summed E-state index contributed by atoms with van der Waals surface area (Å²) in [5.74, 6) is 0. The van der Waals surface area contributed by atoms with Gasteiger partial charge in [0.25, 0.3) is 5.56 Å². The number of aliphatic hydroxyl groups is 1. The zero-order valence-corrected chi connectivity index (χ0v) is 16.4. The van der Waals surface area contributed by atoms with E-state index in [0.29, 0.717) is 19.4 Å². The molecule has 0 amide bonds. The first kappa shape index (κ1) is 17.8. The summed E-state index contributed by atoms with van der Waals surface area (Å²) >= 11 is 3.34. The molecule has 1 saturated heterocycles. The maximum atomic E-state index is 11.7. The van der Waals surface area contributed by atoms with Crippen LogP contribution in [0.3, 0.4) is 0 Å². The minimum atomic E-state index is -0.783. The van der Waals surface area contributed by atoms with Gasteiger partial charge in [-0.2, -0.15) is 0 Å². The largest absolute Gasteiger partial charge is 0.385 e. The van der Waals surface area contributed by atoms with Crippen LogP contribution < -0.4 is 5.56 Å². The number of fused-ring (bicyclic) bond motifs is 1. The van der Waals surface area contributed by atoms with E-state index in [4.69, 9.17) is 4.74 Å². The van der Waals surface area contributed by atoms with Crippen molar-refractivity contribution in [3.63, 3.8) is 0 Å². The van der Waals surface area contributed by atoms with Crippen molar-refractivity contribution in [3.8, 4) is 0 Å². The fourth-order valence-electron chi connectivity index (χ4n) is 3.48. The quantitative estimate of drug-likeness (QED) is 0.734. The van der Waals surface area contributed by atoms with Crippen molar-refractivity contribution in [1.29, 1.82) is 0 Å². The van der Waals surface area contributed by atoms with Crippen LogP contribution in [-0.2, 0) is 17.4 Å². The van der Waals surface area contributed by atoms with Gasteiger partial charge in [0.05, 0.1) is 28.0 Å². The molecule has 1 fully saturated rings. The standard InChI is InChI=1S/C20H21NO3S2/c1-13-11-20(23,7-8-24-13)15-10-19(25-12-15)26-16-4-5-17-14(9-16)3-6-18(22)21(17)2/h3-6,9-10,12-13,23H,7-8,11H2,1-2H3/t13-,20+/m0/s1. The molecule has 0 bridgehead atoms. The molecule has 1 N–H and O–H groups in total. The third-order valence-electron chi connectivity index (χ3n) is 4.97. The Morgan fingerprint density at radius 3 is 2.96 bits per heavy atom. The number of hydrogen-bond donors (Lipinski definition) is 1. The summed E-state index contributed by atoms with van der Waals surface area (Å²) in [5, 5.41) is 14.1. The predicted octanol–water partition coefficient (Wildman–Crippen LogP) is 4.14. The Hall–Kier alpha value is -1.60. The summed E-state index contributed by atoms with van der Waals surface area (Å²) in [7, 11) is 1.79. The topological polar surface area (TPSA) is 51.5 Å². The maximum absolute atomic E-state index is 11.7. The monoisotopic (exact) mass is 387 g/mol. The number of nitrogens with zero attached hydrogens (tertiary/aromatic N) is 1. The van der Waals surface area contributed by atoms with E-state index in [0.717, 1.165) is 25.6 Å². The highest BCUT2D eigenvalue weighted by atomic mass is 32.2. The van der Waals surface area contributed by atoms with Crippen LogP contribution in [-0.4, -0.2) is 22.4 Å². The van der Waals surface area contributed by atoms with Crippen molar-refractivity contribution in [1.82, 2.24) is 4.57 Å². The predicted molar refractivity (Wildman–Crippen MR) is 106 cm³/mol. The van der Waals surface area contributed by atoms with Crippen molar-refractivity contribution in [2.75, 3.05) is 6.61 Å². The van der Waals surface area contributed by atoms with Gasteiger partial charge in [-0.3, -0.25) is 4.79 Å². The molecular weight excluding hydrogens is 366 g/mol. The van der Waals surface area contributed by atoms with E-state index in [1.165, 1.54) is 0 Å². The molecule has 0 radical (unpaired) electrons. The molecule has 1 aliphatic heterocycles. The minimum Gasteiger partial charge on any atom is -0.385 e. The molecule has 2 aromatic heterocycles. The summed E-state index contributed by atoms with van der Waals surface area (Å²) in [5.41, 5.74) is 1.14. The van der Waals surface area contributed by atoms with Crippen molar-refractivity contribution >= 4 is 34.0 Å². The molecule has 3 aromatic rings. The first-order chi connectivity index (χ1) is 12.4. The van der Waals surface area contributed by atoms with E-state index in [1.54, 1.807) is 40.8 Å². The molecular formula is C20H21NO3S2. The lowest BCUT2D eigenvalue weighted by molar-refractivity contribution is -0.101. The van der Waals surface area contributed by atoms with Gasteiger partial charge in [0.15, 0.2) is 0 Å². The molecule has 136 valence electrons. The second-order valence-electron chi connectivity index (χ2n) is 6.87. The minimum absolute atomic E-state index is 0.000245. The lowest BCUT2D eigenvalue weighted by Crippen LogP contribution is -2.37. The molecule has 2 atom stereocenters. The van der Waals surface area contributed by atoms with E-state index in [2.05, 4.69) is 17.5 Å². The summed E-state index contributed by atoms with van der Waals surface area (Å²) in [6.07, 6.45) is 1.36. The van der Waals surface area contributed by atoms with Crippen LogP contribution in [0.2, 0.25) is 0 Å². The van der Waals surface area contributed by atoms with Gasteiger partial charge in [-0.1, -0.05) is 11.8 Å². The van der Waals surface area contributed by atoms with Gasteiger partial charge in [0, 0.05) is 30.9 Å². The first-order valence-electron chi connectivity index (χ1n) is 8.65. The number of aryl methyl sites for hydroxylation is 1. The van der Waals surface area contributed by atoms with Crippen LogP contribution in [0.15, 0.2) is 55.7 Å². The number of ether oxygens (including phenoxy) is 1. The van der Waals surface area contributed by atoms with E-state index in [-0.39, 0.29) is 11.7 Å². The normalized spacial score (nSPS) is 23.4. The molecule has 4 nitrogen and oxygen atoms in total. The number of aromatic nitrogens is 1. The van der Waals surface area contributed by atoms with E-state index < -0.39 is 5.60 Å². The lowest BCUT2D eigenvalue weighted by Gasteiger charge is -2.35. The van der Waals surface area contributed by atoms with Crippen LogP contribution in [0.4, 0.5) is 0 Å². The van der Waals surface area contributed by atoms with E-state index in [1.807, 2.05) is 25.1 Å². The fourth-order valence-corrected chi connectivity index (χ4v) is 5.58. The molecule has 0 unspecified atom stereocenters. The van der Waals surface area contributed by atoms with Gasteiger partial charge in [0.1, 0.15) is 0 Å². The van der Waals surface area contributed by atoms with Gasteiger partial charge < -0.3 is 14.4 Å². The molecule has 0 spiro atoms. The van der Waals surface area contributed by atoms with Gasteiger partial charge in [-0.05, 0) is 53.6 Å². The molecule has 3 heterocycles. The van der Waals surface area contributed by atoms with Gasteiger partial charge in [-0.15, -0.1) is 11.3 Å². The Balaban J connectivity index is 1.58. The third kappa shape index (κ3) is 3.34. The number of hydrogen-bond acceptors (Lipinski definition) is 5. The Kier molecular flexibility index (Phi) is 4.69. The number of rotatable bonds is 3. The van der Waals surface area contributed by atoms with Crippen molar-refractivity contribution in [3.05, 3.63) is 57.7 Å². The summed E-state index contributed by atoms with van der Waals surface area (Å²) in [6, 6.07) is 11.7. The zero-order valence-electron chi connectivity index (χ0n) is 14.8. The fraction of sp³-hybridized carbons (Fsp3) is 0.350. The second-order valence-corrected chi connectivity index (χ2v) is 9.16. The Bertz CT molecular complexity index is 1010. The summed E-state index contributed by atoms with van der Waals surface area (Å²) in [6.45, 7) is 2.61. The maximum Gasteiger partial charge on any atom is 0.250 e. The second kappa shape index (κ2) is 6.85. The average molecular weight is 388 g/mol. The molecule has 26 heavy (non-hydrogen) atoms.